The van der Waals surface area contributed by atoms with Crippen molar-refractivity contribution in [2.24, 2.45) is 0 Å². The van der Waals surface area contributed by atoms with Crippen LogP contribution in [0, 0.1) is 6.92 Å². The van der Waals surface area contributed by atoms with Crippen LogP contribution in [0.1, 0.15) is 4.88 Å². The largest absolute Gasteiger partial charge is 0.495 e. The molecular weight excluding hydrogens is 304 g/mol. The fourth-order valence-electron chi connectivity index (χ4n) is 2.83. The van der Waals surface area contributed by atoms with E-state index in [-0.39, 0.29) is 0 Å². The Morgan fingerprint density at radius 3 is 2.70 bits per heavy atom. The first-order chi connectivity index (χ1) is 11.3. The SMILES string of the molecule is COc1c(-c2cc(-c3ccc(C)s3)[nH]n2)ccc2ccccc12. The predicted molar refractivity (Wildman–Crippen MR) is 96.1 cm³/mol. The second kappa shape index (κ2) is 5.56. The van der Waals surface area contributed by atoms with Crippen LogP contribution in [0.15, 0.2) is 54.6 Å². The molecule has 2 heterocycles. The summed E-state index contributed by atoms with van der Waals surface area (Å²) in [6.07, 6.45) is 0. The third-order valence-corrected chi connectivity index (χ3v) is 4.98. The van der Waals surface area contributed by atoms with Crippen molar-refractivity contribution in [3.8, 4) is 27.6 Å². The summed E-state index contributed by atoms with van der Waals surface area (Å²) < 4.78 is 5.68. The fraction of sp³-hybridized carbons (Fsp3) is 0.105. The van der Waals surface area contributed by atoms with Crippen LogP contribution in [-0.2, 0) is 0 Å². The van der Waals surface area contributed by atoms with Crippen molar-refractivity contribution in [2.75, 3.05) is 7.11 Å². The lowest BCUT2D eigenvalue weighted by molar-refractivity contribution is 0.421. The number of fused-ring (bicyclic) bond motifs is 1. The van der Waals surface area contributed by atoms with Crippen LogP contribution in [-0.4, -0.2) is 17.3 Å². The van der Waals surface area contributed by atoms with E-state index in [9.17, 15) is 0 Å². The highest BCUT2D eigenvalue weighted by atomic mass is 32.1. The molecule has 1 N–H and O–H groups in total. The van der Waals surface area contributed by atoms with Gasteiger partial charge in [0.2, 0.25) is 0 Å². The van der Waals surface area contributed by atoms with Crippen LogP contribution in [0.4, 0.5) is 0 Å². The molecule has 0 aliphatic heterocycles. The van der Waals surface area contributed by atoms with Gasteiger partial charge in [-0.15, -0.1) is 11.3 Å². The van der Waals surface area contributed by atoms with Gasteiger partial charge < -0.3 is 4.74 Å². The Bertz CT molecular complexity index is 984. The van der Waals surface area contributed by atoms with Gasteiger partial charge in [0, 0.05) is 15.8 Å². The Labute approximate surface area is 138 Å². The predicted octanol–water partition coefficient (Wildman–Crippen LogP) is 5.28. The Morgan fingerprint density at radius 2 is 1.91 bits per heavy atom. The number of ether oxygens (including phenoxy) is 1. The number of aryl methyl sites for hydroxylation is 1. The molecule has 2 aromatic heterocycles. The number of H-pyrrole nitrogens is 1. The maximum atomic E-state index is 5.68. The summed E-state index contributed by atoms with van der Waals surface area (Å²) in [7, 11) is 1.71. The summed E-state index contributed by atoms with van der Waals surface area (Å²) in [4.78, 5) is 2.49. The minimum absolute atomic E-state index is 0.864. The molecule has 0 aliphatic carbocycles. The maximum Gasteiger partial charge on any atom is 0.136 e. The van der Waals surface area contributed by atoms with E-state index in [0.717, 1.165) is 33.5 Å². The molecule has 4 aromatic rings. The Morgan fingerprint density at radius 1 is 1.04 bits per heavy atom. The molecule has 0 amide bonds. The first-order valence-electron chi connectivity index (χ1n) is 7.44. The monoisotopic (exact) mass is 320 g/mol. The highest BCUT2D eigenvalue weighted by Gasteiger charge is 2.14. The van der Waals surface area contributed by atoms with Gasteiger partial charge in [-0.25, -0.2) is 0 Å². The molecular formula is C19H16N2OS. The molecule has 0 fully saturated rings. The number of aromatic amines is 1. The van der Waals surface area contributed by atoms with Gasteiger partial charge in [-0.1, -0.05) is 30.3 Å². The number of thiophene rings is 1. The van der Waals surface area contributed by atoms with Gasteiger partial charge in [0.05, 0.1) is 23.4 Å². The molecule has 0 atom stereocenters. The van der Waals surface area contributed by atoms with E-state index in [1.54, 1.807) is 18.4 Å². The summed E-state index contributed by atoms with van der Waals surface area (Å²) in [5.41, 5.74) is 2.93. The summed E-state index contributed by atoms with van der Waals surface area (Å²) in [5, 5.41) is 9.89. The van der Waals surface area contributed by atoms with Crippen molar-refractivity contribution < 1.29 is 4.74 Å². The van der Waals surface area contributed by atoms with Crippen LogP contribution in [0.5, 0.6) is 5.75 Å². The van der Waals surface area contributed by atoms with E-state index in [2.05, 4.69) is 59.6 Å². The molecule has 2 aromatic carbocycles. The van der Waals surface area contributed by atoms with Crippen LogP contribution in [0.2, 0.25) is 0 Å². The van der Waals surface area contributed by atoms with Gasteiger partial charge in [-0.2, -0.15) is 5.10 Å². The lowest BCUT2D eigenvalue weighted by Crippen LogP contribution is -1.90. The number of aromatic nitrogens is 2. The third-order valence-electron chi connectivity index (χ3n) is 3.94. The van der Waals surface area contributed by atoms with Crippen molar-refractivity contribution in [3.05, 3.63) is 59.5 Å². The second-order valence-corrected chi connectivity index (χ2v) is 6.73. The third kappa shape index (κ3) is 2.41. The fourth-order valence-corrected chi connectivity index (χ4v) is 3.66. The topological polar surface area (TPSA) is 37.9 Å². The molecule has 114 valence electrons. The average Bonchev–Trinajstić information content (AvgIpc) is 3.22. The van der Waals surface area contributed by atoms with Gasteiger partial charge in [-0.05, 0) is 36.6 Å². The van der Waals surface area contributed by atoms with E-state index in [1.165, 1.54) is 9.75 Å². The molecule has 0 unspecified atom stereocenters. The second-order valence-electron chi connectivity index (χ2n) is 5.44. The van der Waals surface area contributed by atoms with Crippen LogP contribution >= 0.6 is 11.3 Å². The number of hydrogen-bond acceptors (Lipinski definition) is 3. The molecule has 0 saturated carbocycles. The molecule has 4 heteroatoms. The normalized spacial score (nSPS) is 11.0. The van der Waals surface area contributed by atoms with Crippen molar-refractivity contribution in [1.29, 1.82) is 0 Å². The molecule has 0 spiro atoms. The lowest BCUT2D eigenvalue weighted by Gasteiger charge is -2.10. The molecule has 4 rings (SSSR count). The van der Waals surface area contributed by atoms with Crippen molar-refractivity contribution in [1.82, 2.24) is 10.2 Å². The van der Waals surface area contributed by atoms with Crippen LogP contribution < -0.4 is 4.74 Å². The number of benzene rings is 2. The van der Waals surface area contributed by atoms with E-state index < -0.39 is 0 Å². The quantitative estimate of drug-likeness (QED) is 0.558. The highest BCUT2D eigenvalue weighted by molar-refractivity contribution is 7.15. The highest BCUT2D eigenvalue weighted by Crippen LogP contribution is 2.37. The Balaban J connectivity index is 1.85. The van der Waals surface area contributed by atoms with Gasteiger partial charge in [-0.3, -0.25) is 5.10 Å². The van der Waals surface area contributed by atoms with Gasteiger partial charge >= 0.3 is 0 Å². The molecule has 0 radical (unpaired) electrons. The maximum absolute atomic E-state index is 5.68. The Hall–Kier alpha value is -2.59. The summed E-state index contributed by atoms with van der Waals surface area (Å²) >= 11 is 1.76. The first-order valence-corrected chi connectivity index (χ1v) is 8.26. The minimum Gasteiger partial charge on any atom is -0.495 e. The summed E-state index contributed by atoms with van der Waals surface area (Å²) in [5.74, 6) is 0.864. The van der Waals surface area contributed by atoms with Gasteiger partial charge in [0.15, 0.2) is 0 Å². The zero-order valence-corrected chi connectivity index (χ0v) is 13.8. The zero-order chi connectivity index (χ0) is 15.8. The van der Waals surface area contributed by atoms with Crippen molar-refractivity contribution in [2.45, 2.75) is 6.92 Å². The van der Waals surface area contributed by atoms with Gasteiger partial charge in [0.25, 0.3) is 0 Å². The van der Waals surface area contributed by atoms with Crippen molar-refractivity contribution >= 4 is 22.1 Å². The van der Waals surface area contributed by atoms with Crippen LogP contribution in [0.25, 0.3) is 32.6 Å². The van der Waals surface area contributed by atoms with E-state index in [4.69, 9.17) is 4.74 Å². The number of rotatable bonds is 3. The van der Waals surface area contributed by atoms with Crippen molar-refractivity contribution in [3.63, 3.8) is 0 Å². The van der Waals surface area contributed by atoms with E-state index in [1.807, 2.05) is 12.1 Å². The number of nitrogens with one attached hydrogen (secondary N) is 1. The average molecular weight is 320 g/mol. The molecule has 23 heavy (non-hydrogen) atoms. The summed E-state index contributed by atoms with van der Waals surface area (Å²) in [6, 6.07) is 18.7. The smallest absolute Gasteiger partial charge is 0.136 e. The minimum atomic E-state index is 0.864. The molecule has 0 aliphatic rings. The number of nitrogens with zero attached hydrogens (tertiary/aromatic N) is 1. The lowest BCUT2D eigenvalue weighted by atomic mass is 10.0. The van der Waals surface area contributed by atoms with E-state index in [0.29, 0.717) is 0 Å². The molecule has 3 nitrogen and oxygen atoms in total. The van der Waals surface area contributed by atoms with Crippen LogP contribution in [0.3, 0.4) is 0 Å². The van der Waals surface area contributed by atoms with Gasteiger partial charge in [0.1, 0.15) is 5.75 Å². The summed E-state index contributed by atoms with van der Waals surface area (Å²) in [6.45, 7) is 2.11. The standard InChI is InChI=1S/C19H16N2OS/c1-12-7-10-18(23-12)17-11-16(20-21-17)15-9-8-13-5-3-4-6-14(13)19(15)22-2/h3-11H,1-2H3,(H,20,21). The Kier molecular flexibility index (Phi) is 3.39. The van der Waals surface area contributed by atoms with E-state index >= 15 is 0 Å². The number of hydrogen-bond donors (Lipinski definition) is 1. The molecule has 0 bridgehead atoms. The number of methoxy groups -OCH3 is 1. The first kappa shape index (κ1) is 14.0. The zero-order valence-electron chi connectivity index (χ0n) is 13.0. The molecule has 0 saturated heterocycles.